The molecule has 0 unspecified atom stereocenters. The maximum Gasteiger partial charge on any atom is 0.128 e. The van der Waals surface area contributed by atoms with Crippen LogP contribution in [0.1, 0.15) is 22.0 Å². The van der Waals surface area contributed by atoms with Crippen molar-refractivity contribution in [3.63, 3.8) is 0 Å². The third-order valence-corrected chi connectivity index (χ3v) is 5.22. The zero-order valence-corrected chi connectivity index (χ0v) is 17.2. The molecule has 0 bridgehead atoms. The molecule has 0 amide bonds. The molecule has 1 aromatic heterocycles. The van der Waals surface area contributed by atoms with Crippen molar-refractivity contribution in [3.05, 3.63) is 45.6 Å². The van der Waals surface area contributed by atoms with E-state index in [0.29, 0.717) is 0 Å². The van der Waals surface area contributed by atoms with Crippen LogP contribution in [0, 0.1) is 6.92 Å². The molecule has 140 valence electrons. The molecule has 1 aliphatic heterocycles. The second-order valence-corrected chi connectivity index (χ2v) is 6.77. The van der Waals surface area contributed by atoms with Crippen LogP contribution < -0.4 is 14.8 Å². The second-order valence-electron chi connectivity index (χ2n) is 5.79. The van der Waals surface area contributed by atoms with Crippen LogP contribution in [0.25, 0.3) is 0 Å². The Hall–Kier alpha value is -0.980. The van der Waals surface area contributed by atoms with Crippen molar-refractivity contribution in [3.8, 4) is 11.5 Å². The van der Waals surface area contributed by atoms with Gasteiger partial charge in [-0.2, -0.15) is 0 Å². The van der Waals surface area contributed by atoms with E-state index in [-0.39, 0.29) is 30.9 Å². The lowest BCUT2D eigenvalue weighted by atomic mass is 9.98. The largest absolute Gasteiger partial charge is 0.496 e. The average Bonchev–Trinajstić information content (AvgIpc) is 3.11. The van der Waals surface area contributed by atoms with E-state index in [1.54, 1.807) is 25.6 Å². The number of halogens is 2. The highest BCUT2D eigenvalue weighted by atomic mass is 35.5. The van der Waals surface area contributed by atoms with Gasteiger partial charge in [0, 0.05) is 31.1 Å². The fraction of sp³-hybridized carbons (Fsp3) is 0.444. The lowest BCUT2D eigenvalue weighted by molar-refractivity contribution is 0.194. The first kappa shape index (κ1) is 22.1. The standard InChI is InChI=1S/C18H24N2O2S.2ClH/c1-13-11-14(21-2)17(15(12-13)22-3)18(16-5-4-10-23-16)20-8-6-19-7-9-20;;/h4-5,10-12,18-19H,6-9H2,1-3H3;2*1H/t18-;;/m1../s1. The Morgan fingerprint density at radius 1 is 1.08 bits per heavy atom. The highest BCUT2D eigenvalue weighted by molar-refractivity contribution is 7.10. The molecular weight excluding hydrogens is 379 g/mol. The molecule has 1 saturated heterocycles. The van der Waals surface area contributed by atoms with Crippen LogP contribution in [0.15, 0.2) is 29.6 Å². The summed E-state index contributed by atoms with van der Waals surface area (Å²) in [5.74, 6) is 1.80. The first-order chi connectivity index (χ1) is 11.2. The summed E-state index contributed by atoms with van der Waals surface area (Å²) in [5, 5.41) is 5.57. The number of nitrogens with zero attached hydrogens (tertiary/aromatic N) is 1. The normalized spacial score (nSPS) is 15.6. The van der Waals surface area contributed by atoms with E-state index >= 15 is 0 Å². The zero-order chi connectivity index (χ0) is 16.2. The van der Waals surface area contributed by atoms with E-state index in [9.17, 15) is 0 Å². The molecule has 0 radical (unpaired) electrons. The number of methoxy groups -OCH3 is 2. The minimum absolute atomic E-state index is 0. The first-order valence-electron chi connectivity index (χ1n) is 7.95. The van der Waals surface area contributed by atoms with Gasteiger partial charge in [0.2, 0.25) is 0 Å². The molecular formula is C18H26Cl2N2O2S. The van der Waals surface area contributed by atoms with Crippen molar-refractivity contribution in [2.75, 3.05) is 40.4 Å². The number of nitrogens with one attached hydrogen (secondary N) is 1. The van der Waals surface area contributed by atoms with Crippen LogP contribution in [0.3, 0.4) is 0 Å². The summed E-state index contributed by atoms with van der Waals surface area (Å²) in [5.41, 5.74) is 2.28. The predicted molar refractivity (Wildman–Crippen MR) is 109 cm³/mol. The number of aryl methyl sites for hydroxylation is 1. The molecule has 0 spiro atoms. The van der Waals surface area contributed by atoms with Gasteiger partial charge in [0.25, 0.3) is 0 Å². The number of hydrogen-bond donors (Lipinski definition) is 1. The summed E-state index contributed by atoms with van der Waals surface area (Å²) < 4.78 is 11.4. The van der Waals surface area contributed by atoms with E-state index in [1.807, 2.05) is 0 Å². The van der Waals surface area contributed by atoms with Crippen LogP contribution in [-0.4, -0.2) is 45.3 Å². The van der Waals surface area contributed by atoms with Crippen molar-refractivity contribution in [2.24, 2.45) is 0 Å². The van der Waals surface area contributed by atoms with Gasteiger partial charge in [0.1, 0.15) is 11.5 Å². The van der Waals surface area contributed by atoms with Crippen LogP contribution in [-0.2, 0) is 0 Å². The molecule has 2 heterocycles. The lowest BCUT2D eigenvalue weighted by Crippen LogP contribution is -2.45. The monoisotopic (exact) mass is 404 g/mol. The third-order valence-electron chi connectivity index (χ3n) is 4.29. The number of rotatable bonds is 5. The van der Waals surface area contributed by atoms with Gasteiger partial charge in [-0.3, -0.25) is 4.90 Å². The number of hydrogen-bond acceptors (Lipinski definition) is 5. The molecule has 1 N–H and O–H groups in total. The van der Waals surface area contributed by atoms with E-state index in [1.165, 1.54) is 4.88 Å². The molecule has 1 aliphatic rings. The molecule has 3 rings (SSSR count). The van der Waals surface area contributed by atoms with E-state index in [2.05, 4.69) is 46.8 Å². The minimum Gasteiger partial charge on any atom is -0.496 e. The summed E-state index contributed by atoms with van der Waals surface area (Å²) >= 11 is 1.79. The van der Waals surface area contributed by atoms with Crippen LogP contribution >= 0.6 is 36.2 Å². The second kappa shape index (κ2) is 10.2. The maximum absolute atomic E-state index is 5.72. The molecule has 0 aliphatic carbocycles. The lowest BCUT2D eigenvalue weighted by Gasteiger charge is -2.36. The molecule has 25 heavy (non-hydrogen) atoms. The van der Waals surface area contributed by atoms with Crippen molar-refractivity contribution in [2.45, 2.75) is 13.0 Å². The third kappa shape index (κ3) is 4.80. The fourth-order valence-corrected chi connectivity index (χ4v) is 4.10. The highest BCUT2D eigenvalue weighted by Gasteiger charge is 2.30. The molecule has 7 heteroatoms. The Balaban J connectivity index is 0.00000156. The van der Waals surface area contributed by atoms with Crippen LogP contribution in [0.4, 0.5) is 0 Å². The maximum atomic E-state index is 5.72. The summed E-state index contributed by atoms with van der Waals surface area (Å²) in [6.07, 6.45) is 0. The fourth-order valence-electron chi connectivity index (χ4n) is 3.23. The van der Waals surface area contributed by atoms with Crippen LogP contribution in [0.2, 0.25) is 0 Å². The van der Waals surface area contributed by atoms with Crippen molar-refractivity contribution >= 4 is 36.2 Å². The van der Waals surface area contributed by atoms with Gasteiger partial charge in [-0.25, -0.2) is 0 Å². The zero-order valence-electron chi connectivity index (χ0n) is 14.8. The Morgan fingerprint density at radius 3 is 2.16 bits per heavy atom. The topological polar surface area (TPSA) is 33.7 Å². The summed E-state index contributed by atoms with van der Waals surface area (Å²) in [7, 11) is 3.47. The number of piperazine rings is 1. The number of benzene rings is 1. The SMILES string of the molecule is COc1cc(C)cc(OC)c1[C@@H](c1cccs1)N1CCNCC1.Cl.Cl. The quantitative estimate of drug-likeness (QED) is 0.818. The molecule has 4 nitrogen and oxygen atoms in total. The van der Waals surface area contributed by atoms with Crippen molar-refractivity contribution in [1.82, 2.24) is 10.2 Å². The van der Waals surface area contributed by atoms with Crippen molar-refractivity contribution < 1.29 is 9.47 Å². The predicted octanol–water partition coefficient (Wildman–Crippen LogP) is 3.91. The molecule has 1 fully saturated rings. The molecule has 0 saturated carbocycles. The van der Waals surface area contributed by atoms with Crippen LogP contribution in [0.5, 0.6) is 11.5 Å². The highest BCUT2D eigenvalue weighted by Crippen LogP contribution is 2.43. The summed E-state index contributed by atoms with van der Waals surface area (Å²) in [6, 6.07) is 8.68. The summed E-state index contributed by atoms with van der Waals surface area (Å²) in [6.45, 7) is 6.13. The van der Waals surface area contributed by atoms with Crippen molar-refractivity contribution in [1.29, 1.82) is 0 Å². The first-order valence-corrected chi connectivity index (χ1v) is 8.83. The smallest absolute Gasteiger partial charge is 0.128 e. The Labute approximate surface area is 166 Å². The van der Waals surface area contributed by atoms with E-state index in [0.717, 1.165) is 48.8 Å². The van der Waals surface area contributed by atoms with Gasteiger partial charge in [-0.05, 0) is 36.1 Å². The molecule has 1 aromatic carbocycles. The van der Waals surface area contributed by atoms with Gasteiger partial charge >= 0.3 is 0 Å². The van der Waals surface area contributed by atoms with Gasteiger partial charge in [-0.1, -0.05) is 6.07 Å². The number of thiophene rings is 1. The van der Waals surface area contributed by atoms with Gasteiger partial charge in [0.15, 0.2) is 0 Å². The van der Waals surface area contributed by atoms with E-state index in [4.69, 9.17) is 9.47 Å². The average molecular weight is 405 g/mol. The minimum atomic E-state index is 0. The Morgan fingerprint density at radius 2 is 1.68 bits per heavy atom. The van der Waals surface area contributed by atoms with E-state index < -0.39 is 0 Å². The Bertz CT molecular complexity index is 622. The Kier molecular flexibility index (Phi) is 9.03. The van der Waals surface area contributed by atoms with Gasteiger partial charge < -0.3 is 14.8 Å². The summed E-state index contributed by atoms with van der Waals surface area (Å²) in [4.78, 5) is 3.84. The van der Waals surface area contributed by atoms with Gasteiger partial charge in [-0.15, -0.1) is 36.2 Å². The van der Waals surface area contributed by atoms with Gasteiger partial charge in [0.05, 0.1) is 25.8 Å². The molecule has 2 aromatic rings. The number of ether oxygens (including phenoxy) is 2. The molecule has 1 atom stereocenters.